The van der Waals surface area contributed by atoms with Gasteiger partial charge < -0.3 is 24.5 Å². The van der Waals surface area contributed by atoms with Crippen molar-refractivity contribution in [3.63, 3.8) is 0 Å². The summed E-state index contributed by atoms with van der Waals surface area (Å²) in [5, 5.41) is 3.93. The standard InChI is InChI=1S/C25H30N4O5/c1-16(31)25(14-30)12-21(25)24(32)28-17-2-4-19(5-3-17)34-23-11-18(29-6-8-33-9-7-29)10-22-20(23)13-26-15-27-22/h10-11,13-15,17,19,21H,2-9,12H2,1H3,(H,28,32)/t17-,19+,21?,25?. The number of ketones is 1. The third kappa shape index (κ3) is 4.36. The van der Waals surface area contributed by atoms with Gasteiger partial charge in [-0.3, -0.25) is 9.59 Å². The van der Waals surface area contributed by atoms with Crippen LogP contribution in [-0.4, -0.2) is 66.4 Å². The Kier molecular flexibility index (Phi) is 6.20. The van der Waals surface area contributed by atoms with Gasteiger partial charge in [-0.05, 0) is 45.1 Å². The number of nitrogens with zero attached hydrogens (tertiary/aromatic N) is 3. The lowest BCUT2D eigenvalue weighted by atomic mass is 9.92. The molecule has 1 aliphatic heterocycles. The average molecular weight is 467 g/mol. The lowest BCUT2D eigenvalue weighted by Gasteiger charge is -2.31. The number of hydrogen-bond acceptors (Lipinski definition) is 8. The second kappa shape index (κ2) is 9.29. The molecule has 2 atom stereocenters. The van der Waals surface area contributed by atoms with Crippen molar-refractivity contribution in [3.8, 4) is 5.75 Å². The van der Waals surface area contributed by atoms with Gasteiger partial charge in [0.1, 0.15) is 24.1 Å². The predicted molar refractivity (Wildman–Crippen MR) is 125 cm³/mol. The topological polar surface area (TPSA) is 111 Å². The number of carbonyl (C=O) groups excluding carboxylic acids is 3. The third-order valence-corrected chi connectivity index (χ3v) is 7.45. The molecule has 34 heavy (non-hydrogen) atoms. The molecule has 9 nitrogen and oxygen atoms in total. The highest BCUT2D eigenvalue weighted by Gasteiger charge is 2.62. The zero-order valence-electron chi connectivity index (χ0n) is 19.4. The van der Waals surface area contributed by atoms with Crippen LogP contribution in [0.1, 0.15) is 39.0 Å². The van der Waals surface area contributed by atoms with Crippen molar-refractivity contribution in [3.05, 3.63) is 24.7 Å². The average Bonchev–Trinajstić information content (AvgIpc) is 3.62. The summed E-state index contributed by atoms with van der Waals surface area (Å²) in [7, 11) is 0. The molecule has 0 spiro atoms. The summed E-state index contributed by atoms with van der Waals surface area (Å²) >= 11 is 0. The molecule has 1 aromatic heterocycles. The number of carbonyl (C=O) groups is 3. The van der Waals surface area contributed by atoms with Crippen LogP contribution in [0.4, 0.5) is 5.69 Å². The molecule has 3 aliphatic rings. The zero-order chi connectivity index (χ0) is 23.7. The molecule has 2 aliphatic carbocycles. The number of aldehydes is 1. The summed E-state index contributed by atoms with van der Waals surface area (Å²) in [5.74, 6) is -0.156. The van der Waals surface area contributed by atoms with Crippen LogP contribution in [0.25, 0.3) is 10.9 Å². The fraction of sp³-hybridized carbons (Fsp3) is 0.560. The Labute approximate surface area is 198 Å². The maximum atomic E-state index is 12.6. The van der Waals surface area contributed by atoms with Crippen molar-refractivity contribution in [1.29, 1.82) is 0 Å². The SMILES string of the molecule is CC(=O)C1(C=O)CC1C(=O)N[C@H]1CC[C@@H](Oc2cc(N3CCOCC3)cc3ncncc23)CC1. The molecule has 9 heteroatoms. The molecular weight excluding hydrogens is 436 g/mol. The van der Waals surface area contributed by atoms with Gasteiger partial charge in [-0.25, -0.2) is 9.97 Å². The molecule has 0 radical (unpaired) electrons. The van der Waals surface area contributed by atoms with Crippen molar-refractivity contribution < 1.29 is 23.9 Å². The van der Waals surface area contributed by atoms with Crippen LogP contribution in [-0.2, 0) is 19.1 Å². The second-order valence-electron chi connectivity index (χ2n) is 9.57. The van der Waals surface area contributed by atoms with Gasteiger partial charge in [-0.1, -0.05) is 0 Å². The summed E-state index contributed by atoms with van der Waals surface area (Å²) in [6.45, 7) is 4.45. The quantitative estimate of drug-likeness (QED) is 0.488. The van der Waals surface area contributed by atoms with E-state index in [1.54, 1.807) is 12.5 Å². The molecule has 2 saturated carbocycles. The summed E-state index contributed by atoms with van der Waals surface area (Å²) in [4.78, 5) is 46.6. The van der Waals surface area contributed by atoms with Gasteiger partial charge in [0, 0.05) is 37.1 Å². The molecule has 2 aromatic rings. The van der Waals surface area contributed by atoms with Crippen molar-refractivity contribution >= 4 is 34.6 Å². The molecule has 1 amide bonds. The first-order chi connectivity index (χ1) is 16.5. The van der Waals surface area contributed by atoms with Gasteiger partial charge >= 0.3 is 0 Å². The molecular formula is C25H30N4O5. The summed E-state index contributed by atoms with van der Waals surface area (Å²) < 4.78 is 11.9. The number of Topliss-reactive ketones (excluding diaryl/α,β-unsaturated/α-hetero) is 1. The number of amides is 1. The van der Waals surface area contributed by atoms with Crippen molar-refractivity contribution in [2.24, 2.45) is 11.3 Å². The fourth-order valence-corrected chi connectivity index (χ4v) is 5.15. The maximum Gasteiger partial charge on any atom is 0.224 e. The summed E-state index contributed by atoms with van der Waals surface area (Å²) in [5.41, 5.74) is 0.821. The Morgan fingerprint density at radius 3 is 2.65 bits per heavy atom. The number of ether oxygens (including phenoxy) is 2. The first-order valence-corrected chi connectivity index (χ1v) is 12.0. The summed E-state index contributed by atoms with van der Waals surface area (Å²) in [6.07, 6.45) is 7.52. The van der Waals surface area contributed by atoms with E-state index in [1.165, 1.54) is 6.92 Å². The molecule has 2 unspecified atom stereocenters. The first-order valence-electron chi connectivity index (χ1n) is 12.0. The normalized spacial score (nSPS) is 28.9. The van der Waals surface area contributed by atoms with Crippen LogP contribution in [0, 0.1) is 11.3 Å². The van der Waals surface area contributed by atoms with Crippen LogP contribution < -0.4 is 15.0 Å². The zero-order valence-corrected chi connectivity index (χ0v) is 19.4. The number of anilines is 1. The number of nitrogens with one attached hydrogen (secondary N) is 1. The van der Waals surface area contributed by atoms with Gasteiger partial charge in [0.05, 0.1) is 41.6 Å². The van der Waals surface area contributed by atoms with Gasteiger partial charge in [0.25, 0.3) is 0 Å². The molecule has 0 bridgehead atoms. The smallest absolute Gasteiger partial charge is 0.224 e. The van der Waals surface area contributed by atoms with Gasteiger partial charge in [-0.15, -0.1) is 0 Å². The lowest BCUT2D eigenvalue weighted by molar-refractivity contribution is -0.132. The van der Waals surface area contributed by atoms with Gasteiger partial charge in [0.15, 0.2) is 0 Å². The number of aromatic nitrogens is 2. The van der Waals surface area contributed by atoms with Crippen molar-refractivity contribution in [2.75, 3.05) is 31.2 Å². The van der Waals surface area contributed by atoms with E-state index in [0.29, 0.717) is 25.9 Å². The van der Waals surface area contributed by atoms with Crippen LogP contribution in [0.3, 0.4) is 0 Å². The number of fused-ring (bicyclic) bond motifs is 1. The van der Waals surface area contributed by atoms with E-state index in [9.17, 15) is 14.4 Å². The van der Waals surface area contributed by atoms with Crippen LogP contribution >= 0.6 is 0 Å². The molecule has 2 heterocycles. The van der Waals surface area contributed by atoms with Crippen LogP contribution in [0.15, 0.2) is 24.7 Å². The minimum Gasteiger partial charge on any atom is -0.490 e. The molecule has 180 valence electrons. The molecule has 1 saturated heterocycles. The van der Waals surface area contributed by atoms with E-state index in [4.69, 9.17) is 9.47 Å². The van der Waals surface area contributed by atoms with Gasteiger partial charge in [-0.2, -0.15) is 0 Å². The van der Waals surface area contributed by atoms with Gasteiger partial charge in [0.2, 0.25) is 5.91 Å². The van der Waals surface area contributed by atoms with E-state index in [2.05, 4.69) is 32.3 Å². The number of benzene rings is 1. The highest BCUT2D eigenvalue weighted by Crippen LogP contribution is 2.51. The number of hydrogen-bond donors (Lipinski definition) is 1. The van der Waals surface area contributed by atoms with E-state index < -0.39 is 11.3 Å². The Bertz CT molecular complexity index is 1090. The second-order valence-corrected chi connectivity index (χ2v) is 9.57. The summed E-state index contributed by atoms with van der Waals surface area (Å²) in [6, 6.07) is 4.17. The Balaban J connectivity index is 1.22. The van der Waals surface area contributed by atoms with Crippen LogP contribution in [0.5, 0.6) is 5.75 Å². The first kappa shape index (κ1) is 22.7. The Hall–Kier alpha value is -3.07. The third-order valence-electron chi connectivity index (χ3n) is 7.45. The maximum absolute atomic E-state index is 12.6. The highest BCUT2D eigenvalue weighted by atomic mass is 16.5. The monoisotopic (exact) mass is 466 g/mol. The minimum absolute atomic E-state index is 0.0312. The Morgan fingerprint density at radius 1 is 1.21 bits per heavy atom. The van der Waals surface area contributed by atoms with Crippen molar-refractivity contribution in [1.82, 2.24) is 15.3 Å². The highest BCUT2D eigenvalue weighted by molar-refractivity contribution is 6.07. The van der Waals surface area contributed by atoms with E-state index in [0.717, 1.165) is 61.1 Å². The van der Waals surface area contributed by atoms with E-state index in [-0.39, 0.29) is 23.8 Å². The minimum atomic E-state index is -1.10. The molecule has 1 N–H and O–H groups in total. The fourth-order valence-electron chi connectivity index (χ4n) is 5.15. The molecule has 1 aromatic carbocycles. The Morgan fingerprint density at radius 2 is 1.97 bits per heavy atom. The van der Waals surface area contributed by atoms with E-state index in [1.807, 2.05) is 0 Å². The largest absolute Gasteiger partial charge is 0.490 e. The van der Waals surface area contributed by atoms with Crippen molar-refractivity contribution in [2.45, 2.75) is 51.2 Å². The van der Waals surface area contributed by atoms with E-state index >= 15 is 0 Å². The molecule has 3 fully saturated rings. The number of rotatable bonds is 7. The van der Waals surface area contributed by atoms with Crippen LogP contribution in [0.2, 0.25) is 0 Å². The molecule has 5 rings (SSSR count). The predicted octanol–water partition coefficient (Wildman–Crippen LogP) is 2.07. The lowest BCUT2D eigenvalue weighted by Crippen LogP contribution is -2.41. The number of morpholine rings is 1.